The van der Waals surface area contributed by atoms with Crippen molar-refractivity contribution in [2.75, 3.05) is 14.2 Å². The summed E-state index contributed by atoms with van der Waals surface area (Å²) in [5.41, 5.74) is -11.2. The number of amides is 1. The molecule has 0 atom stereocenters. The molecule has 0 saturated heterocycles. The maximum Gasteiger partial charge on any atom is 0.420 e. The Morgan fingerprint density at radius 1 is 0.409 bits per heavy atom. The molecule has 0 saturated carbocycles. The number of benzene rings is 6. The molecule has 1 aliphatic rings. The minimum atomic E-state index is -7.22. The number of halogens is 22. The first kappa shape index (κ1) is 49.1. The average Bonchev–Trinajstić information content (AvgIpc) is 3.53. The van der Waals surface area contributed by atoms with E-state index in [1.54, 1.807) is 30.9 Å². The van der Waals surface area contributed by atoms with Crippen molar-refractivity contribution in [2.45, 2.75) is 0 Å². The second kappa shape index (κ2) is 17.5. The zero-order valence-electron chi connectivity index (χ0n) is 31.6. The fraction of sp³-hybridized carbons (Fsp3) is 0.0500. The van der Waals surface area contributed by atoms with Crippen molar-refractivity contribution < 1.29 is 102 Å². The number of carbonyl (C=O) groups excluding carboxylic acids is 1. The number of carbonyl (C=O) groups is 1. The van der Waals surface area contributed by atoms with E-state index < -0.39 is 144 Å². The molecule has 0 aliphatic carbocycles. The van der Waals surface area contributed by atoms with E-state index in [-0.39, 0.29) is 5.91 Å². The molecule has 0 aromatic heterocycles. The number of fused-ring (bicyclic) bond motifs is 1. The minimum Gasteiger partial charge on any atom is -0.497 e. The van der Waals surface area contributed by atoms with Crippen LogP contribution in [0.2, 0.25) is 10.0 Å². The Bertz CT molecular complexity index is 2750. The van der Waals surface area contributed by atoms with Gasteiger partial charge in [-0.1, -0.05) is 23.2 Å². The molecule has 6 aromatic rings. The highest BCUT2D eigenvalue weighted by Gasteiger charge is 2.52. The van der Waals surface area contributed by atoms with Gasteiger partial charge in [-0.25, -0.2) is 92.6 Å². The highest BCUT2D eigenvalue weighted by Crippen LogP contribution is 2.33. The third-order valence-corrected chi connectivity index (χ3v) is 11.0. The maximum absolute atomic E-state index is 15.4. The van der Waals surface area contributed by atoms with Crippen molar-refractivity contribution in [1.29, 1.82) is 0 Å². The normalized spacial score (nSPS) is 12.5. The summed E-state index contributed by atoms with van der Waals surface area (Å²) in [6.07, 6.45) is -7.22. The molecule has 1 heterocycles. The second-order valence-electron chi connectivity index (χ2n) is 13.6. The first-order valence-corrected chi connectivity index (χ1v) is 18.0. The number of hydrogen-bond acceptors (Lipinski definition) is 2. The van der Waals surface area contributed by atoms with Gasteiger partial charge in [0.05, 0.1) is 22.7 Å². The van der Waals surface area contributed by atoms with E-state index in [4.69, 9.17) is 27.9 Å². The van der Waals surface area contributed by atoms with E-state index in [1.165, 1.54) is 0 Å². The van der Waals surface area contributed by atoms with Gasteiger partial charge in [-0.05, 0) is 36.4 Å². The van der Waals surface area contributed by atoms with Crippen LogP contribution in [0.3, 0.4) is 0 Å². The molecule has 0 radical (unpaired) electrons. The monoisotopic (exact) mass is 999 g/mol. The summed E-state index contributed by atoms with van der Waals surface area (Å²) >= 11 is 12.1. The lowest BCUT2D eigenvalue weighted by atomic mass is 9.12. The molecular formula is C40H12BCl2F20NO2. The Hall–Kier alpha value is -6.30. The summed E-state index contributed by atoms with van der Waals surface area (Å²) in [4.78, 5) is 12.3. The zero-order chi connectivity index (χ0) is 49.5. The molecule has 1 amide bonds. The van der Waals surface area contributed by atoms with Crippen molar-refractivity contribution in [2.24, 2.45) is 0 Å². The summed E-state index contributed by atoms with van der Waals surface area (Å²) in [7, 11) is 3.36. The van der Waals surface area contributed by atoms with Crippen LogP contribution in [-0.4, -0.2) is 36.5 Å². The molecule has 0 fully saturated rings. The van der Waals surface area contributed by atoms with Crippen LogP contribution >= 0.6 is 23.2 Å². The average molecular weight is 1000 g/mol. The lowest BCUT2D eigenvalue weighted by Crippen LogP contribution is -2.81. The van der Waals surface area contributed by atoms with Gasteiger partial charge >= 0.3 is 5.91 Å². The highest BCUT2D eigenvalue weighted by molar-refractivity contribution is 7.20. The Balaban J connectivity index is 0.000000284. The van der Waals surface area contributed by atoms with Gasteiger partial charge in [0.2, 0.25) is 5.71 Å². The summed E-state index contributed by atoms with van der Waals surface area (Å²) in [5.74, 6) is -70.7. The summed E-state index contributed by atoms with van der Waals surface area (Å²) in [5, 5.41) is 0.817. The van der Waals surface area contributed by atoms with Crippen LogP contribution in [0.4, 0.5) is 87.8 Å². The molecule has 66 heavy (non-hydrogen) atoms. The van der Waals surface area contributed by atoms with E-state index >= 15 is 35.1 Å². The fourth-order valence-electron chi connectivity index (χ4n) is 7.35. The third kappa shape index (κ3) is 7.10. The van der Waals surface area contributed by atoms with E-state index in [0.29, 0.717) is 15.6 Å². The topological polar surface area (TPSA) is 29.3 Å². The maximum atomic E-state index is 15.4. The molecular weight excluding hydrogens is 988 g/mol. The van der Waals surface area contributed by atoms with E-state index in [9.17, 15) is 57.5 Å². The van der Waals surface area contributed by atoms with Gasteiger partial charge in [-0.2, -0.15) is 4.58 Å². The van der Waals surface area contributed by atoms with Gasteiger partial charge in [0.1, 0.15) is 71.0 Å². The van der Waals surface area contributed by atoms with Crippen molar-refractivity contribution in [3.05, 3.63) is 179 Å². The molecule has 1 aliphatic heterocycles. The van der Waals surface area contributed by atoms with Crippen LogP contribution in [0.15, 0.2) is 36.4 Å². The van der Waals surface area contributed by atoms with Crippen LogP contribution in [0.5, 0.6) is 5.75 Å². The van der Waals surface area contributed by atoms with E-state index in [2.05, 4.69) is 0 Å². The number of nitrogens with zero attached hydrogens (tertiary/aromatic N) is 1. The van der Waals surface area contributed by atoms with Gasteiger partial charge in [-0.15, -0.1) is 21.9 Å². The van der Waals surface area contributed by atoms with Crippen molar-refractivity contribution in [3.63, 3.8) is 0 Å². The van der Waals surface area contributed by atoms with Crippen LogP contribution in [0.1, 0.15) is 21.5 Å². The number of ether oxygens (including phenoxy) is 1. The largest absolute Gasteiger partial charge is 0.497 e. The zero-order valence-corrected chi connectivity index (χ0v) is 33.1. The van der Waals surface area contributed by atoms with Gasteiger partial charge in [-0.3, -0.25) is 0 Å². The molecule has 0 spiro atoms. The summed E-state index contributed by atoms with van der Waals surface area (Å²) in [6.45, 7) is 0. The van der Waals surface area contributed by atoms with Crippen molar-refractivity contribution >= 4 is 62.8 Å². The highest BCUT2D eigenvalue weighted by atomic mass is 35.5. The van der Waals surface area contributed by atoms with Gasteiger partial charge in [0, 0.05) is 5.56 Å². The lowest BCUT2D eigenvalue weighted by Gasteiger charge is -2.44. The number of methoxy groups -OCH3 is 1. The molecule has 0 N–H and O–H groups in total. The Morgan fingerprint density at radius 2 is 0.652 bits per heavy atom. The number of rotatable bonds is 6. The van der Waals surface area contributed by atoms with Crippen molar-refractivity contribution in [1.82, 2.24) is 0 Å². The molecule has 3 nitrogen and oxygen atoms in total. The van der Waals surface area contributed by atoms with Crippen LogP contribution in [0, 0.1) is 116 Å². The predicted octanol–water partition coefficient (Wildman–Crippen LogP) is 9.48. The van der Waals surface area contributed by atoms with E-state index in [0.717, 1.165) is 22.6 Å². The van der Waals surface area contributed by atoms with Crippen LogP contribution < -0.4 is 26.6 Å². The summed E-state index contributed by atoms with van der Waals surface area (Å²) in [6, 6.07) is 10.9. The lowest BCUT2D eigenvalue weighted by molar-refractivity contribution is -0.389. The Morgan fingerprint density at radius 3 is 0.909 bits per heavy atom. The molecule has 346 valence electrons. The van der Waals surface area contributed by atoms with Crippen molar-refractivity contribution in [3.8, 4) is 5.75 Å². The smallest absolute Gasteiger partial charge is 0.420 e. The number of hydrogen-bond donors (Lipinski definition) is 0. The SMILES string of the molecule is COc1ccc(C2=[N+](C)C(=O)c3cc(Cl)c(Cl)cc32)cc1.Fc1c(F)c(F)c([B-](c2c(F)c(F)c(F)c(F)c2F)(c2c(F)c(F)c(F)c(F)c2F)c2c(F)c(F)c(F)c(F)c2F)c(F)c1F. The first-order valence-electron chi connectivity index (χ1n) is 17.2. The first-order chi connectivity index (χ1) is 30.7. The quantitative estimate of drug-likeness (QED) is 0.0548. The Labute approximate surface area is 363 Å². The molecule has 0 unspecified atom stereocenters. The molecule has 6 aromatic carbocycles. The Kier molecular flexibility index (Phi) is 13.0. The standard InChI is InChI=1S/C24BF20.C16H12Cl2NO2/c26-5-1(6(27)14(35)21(42)13(5)34)25(2-7(28)15(36)22(43)16(37)8(2)29,3-9(30)17(38)23(44)18(39)10(3)31)4-11(32)19(40)24(45)20(41)12(4)33;1-19-15(9-3-5-10(21-2)6-4-9)11-7-13(17)14(18)8-12(11)16(19)20/h;3-8H,1-2H3/q-1;+1. The molecule has 0 bridgehead atoms. The predicted molar refractivity (Wildman–Crippen MR) is 192 cm³/mol. The minimum absolute atomic E-state index is 0.0885. The van der Waals surface area contributed by atoms with Gasteiger partial charge in [0.15, 0.2) is 69.8 Å². The fourth-order valence-corrected chi connectivity index (χ4v) is 7.68. The second-order valence-corrected chi connectivity index (χ2v) is 14.4. The van der Waals surface area contributed by atoms with Crippen LogP contribution in [0.25, 0.3) is 0 Å². The van der Waals surface area contributed by atoms with Crippen LogP contribution in [-0.2, 0) is 0 Å². The van der Waals surface area contributed by atoms with Gasteiger partial charge in [0.25, 0.3) is 0 Å². The summed E-state index contributed by atoms with van der Waals surface area (Å²) < 4.78 is 301. The molecule has 7 rings (SSSR count). The van der Waals surface area contributed by atoms with E-state index in [1.807, 2.05) is 24.3 Å². The van der Waals surface area contributed by atoms with Gasteiger partial charge < -0.3 is 4.74 Å². The molecule has 26 heteroatoms. The third-order valence-electron chi connectivity index (χ3n) is 10.3.